The van der Waals surface area contributed by atoms with Gasteiger partial charge in [-0.15, -0.1) is 0 Å². The number of aromatic nitrogens is 2. The van der Waals surface area contributed by atoms with E-state index in [-0.39, 0.29) is 11.9 Å². The van der Waals surface area contributed by atoms with Gasteiger partial charge >= 0.3 is 0 Å². The number of benzene rings is 1. The highest BCUT2D eigenvalue weighted by Crippen LogP contribution is 2.14. The van der Waals surface area contributed by atoms with Gasteiger partial charge in [0.25, 0.3) is 0 Å². The van der Waals surface area contributed by atoms with Crippen LogP contribution in [0.2, 0.25) is 0 Å². The zero-order chi connectivity index (χ0) is 13.9. The van der Waals surface area contributed by atoms with E-state index >= 15 is 0 Å². The lowest BCUT2D eigenvalue weighted by atomic mass is 10.0. The Morgan fingerprint density at radius 2 is 2.30 bits per heavy atom. The summed E-state index contributed by atoms with van der Waals surface area (Å²) in [6, 6.07) is 8.24. The van der Waals surface area contributed by atoms with Crippen molar-refractivity contribution >= 4 is 5.91 Å². The number of carbonyl (C=O) groups is 1. The van der Waals surface area contributed by atoms with E-state index in [1.165, 1.54) is 5.56 Å². The van der Waals surface area contributed by atoms with Crippen molar-refractivity contribution in [2.75, 3.05) is 0 Å². The number of rotatable bonds is 3. The highest BCUT2D eigenvalue weighted by molar-refractivity contribution is 5.79. The Morgan fingerprint density at radius 1 is 1.45 bits per heavy atom. The minimum Gasteiger partial charge on any atom is -0.353 e. The van der Waals surface area contributed by atoms with Crippen molar-refractivity contribution in [1.29, 1.82) is 0 Å². The molecule has 3 rings (SSSR count). The van der Waals surface area contributed by atoms with Crippen molar-refractivity contribution in [2.24, 2.45) is 0 Å². The zero-order valence-electron chi connectivity index (χ0n) is 11.7. The van der Waals surface area contributed by atoms with Crippen molar-refractivity contribution in [1.82, 2.24) is 14.9 Å². The van der Waals surface area contributed by atoms with Crippen molar-refractivity contribution in [3.8, 4) is 0 Å². The maximum atomic E-state index is 12.1. The standard InChI is InChI=1S/C16H19N3O/c1-12-4-2-3-5-13(12)10-16(20)18-14-6-8-19-9-7-17-15(19)11-14/h2-5,7,9,14H,6,8,10-11H2,1H3,(H,18,20). The number of fused-ring (bicyclic) bond motifs is 1. The first-order chi connectivity index (χ1) is 9.72. The molecule has 0 bridgehead atoms. The minimum atomic E-state index is 0.101. The molecule has 0 radical (unpaired) electrons. The zero-order valence-corrected chi connectivity index (χ0v) is 11.7. The number of hydrogen-bond donors (Lipinski definition) is 1. The van der Waals surface area contributed by atoms with Crippen LogP contribution in [0.3, 0.4) is 0 Å². The van der Waals surface area contributed by atoms with Crippen LogP contribution in [0.5, 0.6) is 0 Å². The number of amides is 1. The molecule has 2 aromatic rings. The molecule has 4 nitrogen and oxygen atoms in total. The summed E-state index contributed by atoms with van der Waals surface area (Å²) in [5.41, 5.74) is 2.27. The quantitative estimate of drug-likeness (QED) is 0.924. The van der Waals surface area contributed by atoms with Gasteiger partial charge in [0, 0.05) is 31.4 Å². The number of hydrogen-bond acceptors (Lipinski definition) is 2. The summed E-state index contributed by atoms with van der Waals surface area (Å²) in [5, 5.41) is 3.13. The van der Waals surface area contributed by atoms with Crippen molar-refractivity contribution in [2.45, 2.75) is 38.8 Å². The third kappa shape index (κ3) is 2.74. The number of imidazole rings is 1. The lowest BCUT2D eigenvalue weighted by molar-refractivity contribution is -0.121. The molecular weight excluding hydrogens is 250 g/mol. The lowest BCUT2D eigenvalue weighted by Crippen LogP contribution is -2.41. The average Bonchev–Trinajstić information content (AvgIpc) is 2.89. The third-order valence-corrected chi connectivity index (χ3v) is 3.93. The van der Waals surface area contributed by atoms with Gasteiger partial charge in [0.2, 0.25) is 5.91 Å². The van der Waals surface area contributed by atoms with E-state index in [0.717, 1.165) is 30.8 Å². The van der Waals surface area contributed by atoms with E-state index in [9.17, 15) is 4.79 Å². The molecule has 1 aromatic carbocycles. The molecule has 0 saturated carbocycles. The highest BCUT2D eigenvalue weighted by Gasteiger charge is 2.20. The molecule has 0 fully saturated rings. The first kappa shape index (κ1) is 12.9. The summed E-state index contributed by atoms with van der Waals surface area (Å²) in [6.07, 6.45) is 6.08. The van der Waals surface area contributed by atoms with Crippen LogP contribution in [0, 0.1) is 6.92 Å². The van der Waals surface area contributed by atoms with Crippen molar-refractivity contribution in [3.63, 3.8) is 0 Å². The van der Waals surface area contributed by atoms with Crippen molar-refractivity contribution in [3.05, 3.63) is 53.6 Å². The molecule has 1 atom stereocenters. The number of nitrogens with zero attached hydrogens (tertiary/aromatic N) is 2. The van der Waals surface area contributed by atoms with Crippen LogP contribution in [0.15, 0.2) is 36.7 Å². The second-order valence-electron chi connectivity index (χ2n) is 5.40. The van der Waals surface area contributed by atoms with E-state index in [1.54, 1.807) is 0 Å². The molecule has 0 aliphatic carbocycles. The Kier molecular flexibility index (Phi) is 3.54. The van der Waals surface area contributed by atoms with Gasteiger partial charge < -0.3 is 9.88 Å². The summed E-state index contributed by atoms with van der Waals surface area (Å²) in [6.45, 7) is 2.98. The molecule has 4 heteroatoms. The number of carbonyl (C=O) groups excluding carboxylic acids is 1. The molecule has 1 N–H and O–H groups in total. The van der Waals surface area contributed by atoms with E-state index in [4.69, 9.17) is 0 Å². The fourth-order valence-electron chi connectivity index (χ4n) is 2.73. The maximum Gasteiger partial charge on any atom is 0.224 e. The Morgan fingerprint density at radius 3 is 3.15 bits per heavy atom. The van der Waals surface area contributed by atoms with Gasteiger partial charge in [-0.1, -0.05) is 24.3 Å². The summed E-state index contributed by atoms with van der Waals surface area (Å²) < 4.78 is 2.16. The topological polar surface area (TPSA) is 46.9 Å². The second-order valence-corrected chi connectivity index (χ2v) is 5.40. The van der Waals surface area contributed by atoms with E-state index in [1.807, 2.05) is 43.6 Å². The normalized spacial score (nSPS) is 17.6. The van der Waals surface area contributed by atoms with Gasteiger partial charge in [0.05, 0.1) is 6.42 Å². The fraction of sp³-hybridized carbons (Fsp3) is 0.375. The Labute approximate surface area is 118 Å². The summed E-state index contributed by atoms with van der Waals surface area (Å²) in [5.74, 6) is 1.17. The predicted molar refractivity (Wildman–Crippen MR) is 77.4 cm³/mol. The summed E-state index contributed by atoms with van der Waals surface area (Å²) >= 11 is 0. The van der Waals surface area contributed by atoms with Crippen LogP contribution in [0.4, 0.5) is 0 Å². The summed E-state index contributed by atoms with van der Waals surface area (Å²) in [7, 11) is 0. The van der Waals surface area contributed by atoms with E-state index in [0.29, 0.717) is 6.42 Å². The van der Waals surface area contributed by atoms with Gasteiger partial charge in [-0.25, -0.2) is 4.98 Å². The summed E-state index contributed by atoms with van der Waals surface area (Å²) in [4.78, 5) is 16.5. The van der Waals surface area contributed by atoms with Crippen LogP contribution >= 0.6 is 0 Å². The van der Waals surface area contributed by atoms with Gasteiger partial charge in [-0.05, 0) is 24.5 Å². The smallest absolute Gasteiger partial charge is 0.224 e. The Balaban J connectivity index is 1.59. The average molecular weight is 269 g/mol. The van der Waals surface area contributed by atoms with Gasteiger partial charge in [-0.2, -0.15) is 0 Å². The monoisotopic (exact) mass is 269 g/mol. The Bertz CT molecular complexity index is 618. The largest absolute Gasteiger partial charge is 0.353 e. The molecule has 1 aliphatic heterocycles. The molecule has 20 heavy (non-hydrogen) atoms. The van der Waals surface area contributed by atoms with Crippen LogP contribution in [0.25, 0.3) is 0 Å². The van der Waals surface area contributed by atoms with Crippen LogP contribution in [-0.2, 0) is 24.2 Å². The molecule has 0 spiro atoms. The molecular formula is C16H19N3O. The number of aryl methyl sites for hydroxylation is 2. The SMILES string of the molecule is Cc1ccccc1CC(=O)NC1CCn2ccnc2C1. The molecule has 0 saturated heterocycles. The lowest BCUT2D eigenvalue weighted by Gasteiger charge is -2.24. The third-order valence-electron chi connectivity index (χ3n) is 3.93. The number of nitrogens with one attached hydrogen (secondary N) is 1. The van der Waals surface area contributed by atoms with Crippen LogP contribution < -0.4 is 5.32 Å². The molecule has 104 valence electrons. The van der Waals surface area contributed by atoms with Gasteiger partial charge in [0.1, 0.15) is 5.82 Å². The van der Waals surface area contributed by atoms with Crippen LogP contribution in [-0.4, -0.2) is 21.5 Å². The van der Waals surface area contributed by atoms with E-state index < -0.39 is 0 Å². The molecule has 1 aromatic heterocycles. The molecule has 2 heterocycles. The van der Waals surface area contributed by atoms with Crippen molar-refractivity contribution < 1.29 is 4.79 Å². The molecule has 1 aliphatic rings. The first-order valence-electron chi connectivity index (χ1n) is 7.06. The maximum absolute atomic E-state index is 12.1. The minimum absolute atomic E-state index is 0.101. The first-order valence-corrected chi connectivity index (χ1v) is 7.06. The highest BCUT2D eigenvalue weighted by atomic mass is 16.1. The van der Waals surface area contributed by atoms with Gasteiger partial charge in [0.15, 0.2) is 0 Å². The fourth-order valence-corrected chi connectivity index (χ4v) is 2.73. The predicted octanol–water partition coefficient (Wildman–Crippen LogP) is 1.87. The Hall–Kier alpha value is -2.10. The van der Waals surface area contributed by atoms with E-state index in [2.05, 4.69) is 14.9 Å². The second kappa shape index (κ2) is 5.49. The molecule has 1 amide bonds. The molecule has 1 unspecified atom stereocenters. The van der Waals surface area contributed by atoms with Gasteiger partial charge in [-0.3, -0.25) is 4.79 Å². The van der Waals surface area contributed by atoms with Crippen LogP contribution in [0.1, 0.15) is 23.4 Å².